The molecule has 0 unspecified atom stereocenters. The Balaban J connectivity index is 1.28. The van der Waals surface area contributed by atoms with Gasteiger partial charge in [-0.05, 0) is 43.5 Å². The van der Waals surface area contributed by atoms with Gasteiger partial charge in [-0.25, -0.2) is 12.8 Å². The Bertz CT molecular complexity index is 1070. The number of anilines is 1. The number of carbonyl (C=O) groups excluding carboxylic acids is 1. The minimum Gasteiger partial charge on any atom is -0.372 e. The largest absolute Gasteiger partial charge is 0.372 e. The summed E-state index contributed by atoms with van der Waals surface area (Å²) in [5.41, 5.74) is 1.16. The second-order valence-electron chi connectivity index (χ2n) is 7.72. The topological polar surface area (TPSA) is 90.9 Å². The van der Waals surface area contributed by atoms with Gasteiger partial charge in [-0.15, -0.1) is 0 Å². The van der Waals surface area contributed by atoms with E-state index >= 15 is 0 Å². The number of rotatable bonds is 11. The van der Waals surface area contributed by atoms with Crippen LogP contribution in [0.2, 0.25) is 0 Å². The van der Waals surface area contributed by atoms with Crippen molar-refractivity contribution in [2.24, 2.45) is 4.99 Å². The van der Waals surface area contributed by atoms with Gasteiger partial charge in [-0.1, -0.05) is 30.7 Å². The molecular formula is C23H29FN4O3S. The Kier molecular flexibility index (Phi) is 8.21. The lowest BCUT2D eigenvalue weighted by Crippen LogP contribution is -2.28. The summed E-state index contributed by atoms with van der Waals surface area (Å²) in [6, 6.07) is 13.4. The van der Waals surface area contributed by atoms with Crippen LogP contribution >= 0.6 is 0 Å². The molecule has 0 bridgehead atoms. The molecule has 1 amide bonds. The van der Waals surface area contributed by atoms with E-state index in [1.165, 1.54) is 6.07 Å². The summed E-state index contributed by atoms with van der Waals surface area (Å²) in [7, 11) is -1.67. The number of sulfonamides is 1. The highest BCUT2D eigenvalue weighted by Crippen LogP contribution is 2.22. The summed E-state index contributed by atoms with van der Waals surface area (Å²) in [5.74, 6) is 0.139. The zero-order valence-electron chi connectivity index (χ0n) is 18.2. The van der Waals surface area contributed by atoms with Gasteiger partial charge in [0.05, 0.1) is 10.6 Å². The van der Waals surface area contributed by atoms with Gasteiger partial charge < -0.3 is 10.2 Å². The SMILES string of the molecule is CN(CCCNC(=O)CCCCCN=C1NS(=O)(=O)c2ccccc21)c1ccccc1F. The second kappa shape index (κ2) is 11.1. The lowest BCUT2D eigenvalue weighted by atomic mass is 10.2. The number of hydrogen-bond acceptors (Lipinski definition) is 5. The summed E-state index contributed by atoms with van der Waals surface area (Å²) >= 11 is 0. The molecule has 0 spiro atoms. The van der Waals surface area contributed by atoms with Crippen LogP contribution in [0, 0.1) is 5.82 Å². The fourth-order valence-corrected chi connectivity index (χ4v) is 4.78. The standard InChI is InChI=1S/C23H29FN4O3S/c1-28(20-12-6-5-11-19(20)24)17-9-16-25-22(29)14-3-2-8-15-26-23-18-10-4-7-13-21(18)32(30,31)27-23/h4-7,10-13H,2-3,8-9,14-17H2,1H3,(H,25,29)(H,26,27). The Labute approximate surface area is 188 Å². The van der Waals surface area contributed by atoms with Crippen LogP contribution in [0.15, 0.2) is 58.4 Å². The van der Waals surface area contributed by atoms with Gasteiger partial charge in [0.15, 0.2) is 0 Å². The number of aliphatic imine (C=N–C) groups is 1. The number of benzene rings is 2. The molecule has 3 rings (SSSR count). The van der Waals surface area contributed by atoms with E-state index in [1.807, 2.05) is 11.9 Å². The van der Waals surface area contributed by atoms with Crippen LogP contribution in [-0.2, 0) is 14.8 Å². The normalized spacial score (nSPS) is 15.2. The van der Waals surface area contributed by atoms with Crippen LogP contribution in [-0.4, -0.2) is 46.8 Å². The molecule has 0 atom stereocenters. The number of fused-ring (bicyclic) bond motifs is 1. The van der Waals surface area contributed by atoms with Crippen LogP contribution in [0.25, 0.3) is 0 Å². The molecule has 0 fully saturated rings. The van der Waals surface area contributed by atoms with Gasteiger partial charge in [0.25, 0.3) is 10.0 Å². The zero-order valence-corrected chi connectivity index (χ0v) is 19.0. The lowest BCUT2D eigenvalue weighted by molar-refractivity contribution is -0.121. The van der Waals surface area contributed by atoms with E-state index in [9.17, 15) is 17.6 Å². The fraction of sp³-hybridized carbons (Fsp3) is 0.391. The third-order valence-corrected chi connectivity index (χ3v) is 6.65. The van der Waals surface area contributed by atoms with E-state index in [4.69, 9.17) is 0 Å². The zero-order chi connectivity index (χ0) is 23.0. The van der Waals surface area contributed by atoms with Crippen LogP contribution < -0.4 is 14.9 Å². The Morgan fingerprint density at radius 2 is 1.81 bits per heavy atom. The molecule has 7 nitrogen and oxygen atoms in total. The number of para-hydroxylation sites is 1. The quantitative estimate of drug-likeness (QED) is 0.504. The highest BCUT2D eigenvalue weighted by Gasteiger charge is 2.29. The molecule has 2 aromatic carbocycles. The van der Waals surface area contributed by atoms with Crippen LogP contribution in [0.4, 0.5) is 10.1 Å². The molecule has 2 N–H and O–H groups in total. The predicted octanol–water partition coefficient (Wildman–Crippen LogP) is 3.07. The van der Waals surface area contributed by atoms with Crippen molar-refractivity contribution in [3.63, 3.8) is 0 Å². The number of unbranched alkanes of at least 4 members (excludes halogenated alkanes) is 2. The minimum atomic E-state index is -3.50. The van der Waals surface area contributed by atoms with Gasteiger partial charge >= 0.3 is 0 Å². The summed E-state index contributed by atoms with van der Waals surface area (Å²) < 4.78 is 40.3. The van der Waals surface area contributed by atoms with Gasteiger partial charge in [0.2, 0.25) is 5.91 Å². The third kappa shape index (κ3) is 6.29. The minimum absolute atomic E-state index is 0.00217. The lowest BCUT2D eigenvalue weighted by Gasteiger charge is -2.19. The maximum atomic E-state index is 13.7. The molecular weight excluding hydrogens is 431 g/mol. The van der Waals surface area contributed by atoms with Crippen molar-refractivity contribution in [3.8, 4) is 0 Å². The molecule has 1 aliphatic rings. The average molecular weight is 461 g/mol. The number of hydrogen-bond donors (Lipinski definition) is 2. The summed E-state index contributed by atoms with van der Waals surface area (Å²) in [6.07, 6.45) is 3.51. The van der Waals surface area contributed by atoms with Crippen molar-refractivity contribution in [3.05, 3.63) is 59.9 Å². The summed E-state index contributed by atoms with van der Waals surface area (Å²) in [4.78, 5) is 18.5. The van der Waals surface area contributed by atoms with Crippen molar-refractivity contribution < 1.29 is 17.6 Å². The predicted molar refractivity (Wildman–Crippen MR) is 124 cm³/mol. The maximum absolute atomic E-state index is 13.7. The Hall–Kier alpha value is -2.94. The average Bonchev–Trinajstić information content (AvgIpc) is 3.04. The van der Waals surface area contributed by atoms with E-state index < -0.39 is 10.0 Å². The molecule has 1 heterocycles. The molecule has 0 saturated heterocycles. The number of nitrogens with zero attached hydrogens (tertiary/aromatic N) is 2. The summed E-state index contributed by atoms with van der Waals surface area (Å²) in [6.45, 7) is 1.69. The van der Waals surface area contributed by atoms with Gasteiger partial charge in [-0.2, -0.15) is 0 Å². The first-order valence-corrected chi connectivity index (χ1v) is 12.3. The highest BCUT2D eigenvalue weighted by molar-refractivity contribution is 7.90. The number of amides is 1. The number of halogens is 1. The van der Waals surface area contributed by atoms with Crippen LogP contribution in [0.5, 0.6) is 0 Å². The molecule has 0 aliphatic carbocycles. The van der Waals surface area contributed by atoms with E-state index in [2.05, 4.69) is 15.0 Å². The Morgan fingerprint density at radius 3 is 2.62 bits per heavy atom. The first-order chi connectivity index (χ1) is 15.4. The van der Waals surface area contributed by atoms with Crippen molar-refractivity contribution >= 4 is 27.5 Å². The highest BCUT2D eigenvalue weighted by atomic mass is 32.2. The Morgan fingerprint density at radius 1 is 1.06 bits per heavy atom. The number of carbonyl (C=O) groups is 1. The second-order valence-corrected chi connectivity index (χ2v) is 9.37. The van der Waals surface area contributed by atoms with E-state index in [1.54, 1.807) is 42.5 Å². The van der Waals surface area contributed by atoms with Gasteiger partial charge in [0, 0.05) is 38.7 Å². The van der Waals surface area contributed by atoms with E-state index in [0.29, 0.717) is 43.1 Å². The van der Waals surface area contributed by atoms with Gasteiger partial charge in [0.1, 0.15) is 11.7 Å². The molecule has 32 heavy (non-hydrogen) atoms. The number of nitrogens with one attached hydrogen (secondary N) is 2. The number of amidine groups is 1. The molecule has 172 valence electrons. The fourth-order valence-electron chi connectivity index (χ4n) is 3.53. The first-order valence-electron chi connectivity index (χ1n) is 10.8. The van der Waals surface area contributed by atoms with Crippen molar-refractivity contribution in [2.45, 2.75) is 37.0 Å². The summed E-state index contributed by atoms with van der Waals surface area (Å²) in [5, 5.41) is 2.90. The first kappa shape index (κ1) is 23.7. The smallest absolute Gasteiger partial charge is 0.263 e. The molecule has 0 saturated carbocycles. The molecule has 0 aromatic heterocycles. The van der Waals surface area contributed by atoms with E-state index in [-0.39, 0.29) is 16.6 Å². The van der Waals surface area contributed by atoms with Crippen LogP contribution in [0.1, 0.15) is 37.7 Å². The van der Waals surface area contributed by atoms with Gasteiger partial charge in [-0.3, -0.25) is 14.5 Å². The van der Waals surface area contributed by atoms with Crippen molar-refractivity contribution in [2.75, 3.05) is 31.6 Å². The molecule has 1 aliphatic heterocycles. The van der Waals surface area contributed by atoms with Crippen molar-refractivity contribution in [1.29, 1.82) is 0 Å². The maximum Gasteiger partial charge on any atom is 0.263 e. The molecule has 9 heteroatoms. The molecule has 2 aromatic rings. The molecule has 0 radical (unpaired) electrons. The van der Waals surface area contributed by atoms with E-state index in [0.717, 1.165) is 25.7 Å². The van der Waals surface area contributed by atoms with Crippen molar-refractivity contribution in [1.82, 2.24) is 10.0 Å². The van der Waals surface area contributed by atoms with Crippen LogP contribution in [0.3, 0.4) is 0 Å². The third-order valence-electron chi connectivity index (χ3n) is 5.25. The monoisotopic (exact) mass is 460 g/mol.